The van der Waals surface area contributed by atoms with Crippen molar-refractivity contribution in [2.45, 2.75) is 52.4 Å². The fraction of sp³-hybridized carbons (Fsp3) is 0.300. The number of benzene rings is 3. The van der Waals surface area contributed by atoms with Crippen molar-refractivity contribution < 1.29 is 23.9 Å². The first kappa shape index (κ1) is 27.5. The van der Waals surface area contributed by atoms with Gasteiger partial charge in [0.2, 0.25) is 5.91 Å². The number of hydrogen-bond acceptors (Lipinski definition) is 5. The molecule has 0 aromatic heterocycles. The van der Waals surface area contributed by atoms with E-state index in [-0.39, 0.29) is 24.2 Å². The summed E-state index contributed by atoms with van der Waals surface area (Å²) in [6, 6.07) is 22.4. The molecule has 7 heteroatoms. The lowest BCUT2D eigenvalue weighted by molar-refractivity contribution is -0.147. The van der Waals surface area contributed by atoms with Crippen LogP contribution in [0.2, 0.25) is 0 Å². The van der Waals surface area contributed by atoms with Crippen LogP contribution in [-0.2, 0) is 31.0 Å². The molecular formula is C30H34N2O5. The van der Waals surface area contributed by atoms with Crippen molar-refractivity contribution in [1.29, 1.82) is 0 Å². The second-order valence-corrected chi connectivity index (χ2v) is 9.71. The van der Waals surface area contributed by atoms with Crippen molar-refractivity contribution in [1.82, 2.24) is 0 Å². The van der Waals surface area contributed by atoms with Gasteiger partial charge in [-0.25, -0.2) is 0 Å². The number of esters is 1. The Bertz CT molecular complexity index is 1190. The quantitative estimate of drug-likeness (QED) is 0.320. The number of nitrogens with one attached hydrogen (secondary N) is 2. The Morgan fingerprint density at radius 3 is 1.76 bits per heavy atom. The zero-order chi connectivity index (χ0) is 26.8. The van der Waals surface area contributed by atoms with Crippen LogP contribution in [-0.4, -0.2) is 24.4 Å². The zero-order valence-electron chi connectivity index (χ0n) is 21.8. The van der Waals surface area contributed by atoms with Gasteiger partial charge in [-0.3, -0.25) is 14.4 Å². The summed E-state index contributed by atoms with van der Waals surface area (Å²) in [4.78, 5) is 36.1. The maximum atomic E-state index is 12.2. The molecule has 0 aliphatic carbocycles. The average molecular weight is 503 g/mol. The molecule has 0 aliphatic heterocycles. The highest BCUT2D eigenvalue weighted by Crippen LogP contribution is 2.27. The molecule has 0 bridgehead atoms. The van der Waals surface area contributed by atoms with E-state index in [1.165, 1.54) is 5.56 Å². The minimum absolute atomic E-state index is 0.0582. The summed E-state index contributed by atoms with van der Waals surface area (Å²) >= 11 is 0. The normalized spacial score (nSPS) is 10.9. The summed E-state index contributed by atoms with van der Waals surface area (Å²) < 4.78 is 10.8. The van der Waals surface area contributed by atoms with Gasteiger partial charge < -0.3 is 20.1 Å². The van der Waals surface area contributed by atoms with Crippen LogP contribution >= 0.6 is 0 Å². The van der Waals surface area contributed by atoms with Crippen LogP contribution in [0, 0.1) is 0 Å². The number of rotatable bonds is 10. The molecule has 0 fully saturated rings. The van der Waals surface area contributed by atoms with E-state index in [0.717, 1.165) is 17.7 Å². The number of ether oxygens (including phenoxy) is 2. The minimum atomic E-state index is -0.618. The second kappa shape index (κ2) is 12.7. The van der Waals surface area contributed by atoms with E-state index in [4.69, 9.17) is 9.47 Å². The maximum absolute atomic E-state index is 12.2. The molecule has 2 amide bonds. The summed E-state index contributed by atoms with van der Waals surface area (Å²) in [5.41, 5.74) is 3.68. The first-order valence-corrected chi connectivity index (χ1v) is 12.3. The Hall–Kier alpha value is -4.13. The summed E-state index contributed by atoms with van der Waals surface area (Å²) in [6.45, 7) is 8.12. The van der Waals surface area contributed by atoms with Crippen LogP contribution in [0.5, 0.6) is 11.5 Å². The van der Waals surface area contributed by atoms with Crippen LogP contribution in [0.1, 0.15) is 51.7 Å². The summed E-state index contributed by atoms with van der Waals surface area (Å²) in [6.07, 6.45) is 0.722. The molecule has 0 aliphatic rings. The molecule has 194 valence electrons. The molecule has 0 unspecified atom stereocenters. The molecule has 2 N–H and O–H groups in total. The third-order valence-electron chi connectivity index (χ3n) is 5.66. The van der Waals surface area contributed by atoms with E-state index in [2.05, 4.69) is 31.4 Å². The lowest BCUT2D eigenvalue weighted by atomic mass is 9.87. The van der Waals surface area contributed by atoms with Crippen LogP contribution in [0.3, 0.4) is 0 Å². The Balaban J connectivity index is 1.37. The minimum Gasteiger partial charge on any atom is -0.457 e. The summed E-state index contributed by atoms with van der Waals surface area (Å²) in [7, 11) is 0. The number of carbonyl (C=O) groups excluding carboxylic acids is 3. The maximum Gasteiger partial charge on any atom is 0.306 e. The van der Waals surface area contributed by atoms with E-state index in [0.29, 0.717) is 17.1 Å². The highest BCUT2D eigenvalue weighted by molar-refractivity contribution is 5.94. The van der Waals surface area contributed by atoms with Crippen LogP contribution in [0.15, 0.2) is 72.8 Å². The Labute approximate surface area is 218 Å². The molecule has 3 aromatic carbocycles. The van der Waals surface area contributed by atoms with E-state index in [9.17, 15) is 14.4 Å². The van der Waals surface area contributed by atoms with Crippen molar-refractivity contribution in [3.63, 3.8) is 0 Å². The van der Waals surface area contributed by atoms with Gasteiger partial charge in [0.25, 0.3) is 5.91 Å². The lowest BCUT2D eigenvalue weighted by Gasteiger charge is -2.19. The van der Waals surface area contributed by atoms with Gasteiger partial charge >= 0.3 is 5.97 Å². The van der Waals surface area contributed by atoms with Gasteiger partial charge in [-0.1, -0.05) is 52.0 Å². The topological polar surface area (TPSA) is 93.7 Å². The van der Waals surface area contributed by atoms with E-state index < -0.39 is 18.5 Å². The number of hydrogen-bond donors (Lipinski definition) is 2. The Kier molecular flexibility index (Phi) is 9.44. The van der Waals surface area contributed by atoms with E-state index >= 15 is 0 Å². The van der Waals surface area contributed by atoms with Crippen molar-refractivity contribution in [2.75, 3.05) is 17.2 Å². The van der Waals surface area contributed by atoms with Gasteiger partial charge in [0.1, 0.15) is 11.5 Å². The van der Waals surface area contributed by atoms with E-state index in [1.54, 1.807) is 36.4 Å². The monoisotopic (exact) mass is 502 g/mol. The fourth-order valence-corrected chi connectivity index (χ4v) is 3.44. The highest BCUT2D eigenvalue weighted by atomic mass is 16.5. The SMILES string of the molecule is CCc1ccc(NC(=O)COC(=O)CCC(=O)Nc2ccc(Oc3ccc(C(C)(C)C)cc3)cc2)cc1. The summed E-state index contributed by atoms with van der Waals surface area (Å²) in [5, 5.41) is 5.41. The highest BCUT2D eigenvalue weighted by Gasteiger charge is 2.14. The van der Waals surface area contributed by atoms with Crippen molar-refractivity contribution >= 4 is 29.2 Å². The molecule has 3 rings (SSSR count). The van der Waals surface area contributed by atoms with Crippen molar-refractivity contribution in [3.8, 4) is 11.5 Å². The first-order valence-electron chi connectivity index (χ1n) is 12.3. The van der Waals surface area contributed by atoms with Crippen molar-refractivity contribution in [2.24, 2.45) is 0 Å². The standard InChI is InChI=1S/C30H34N2O5/c1-5-21-6-10-23(11-7-21)32-28(34)20-36-29(35)19-18-27(33)31-24-12-16-26(17-13-24)37-25-14-8-22(9-15-25)30(2,3)4/h6-17H,5,18-20H2,1-4H3,(H,31,33)(H,32,34). The third-order valence-corrected chi connectivity index (χ3v) is 5.66. The Morgan fingerprint density at radius 2 is 1.22 bits per heavy atom. The molecule has 3 aromatic rings. The molecule has 0 spiro atoms. The molecule has 37 heavy (non-hydrogen) atoms. The lowest BCUT2D eigenvalue weighted by Crippen LogP contribution is -2.21. The zero-order valence-corrected chi connectivity index (χ0v) is 21.8. The third kappa shape index (κ3) is 9.11. The molecule has 0 saturated carbocycles. The van der Waals surface area contributed by atoms with E-state index in [1.807, 2.05) is 43.3 Å². The fourth-order valence-electron chi connectivity index (χ4n) is 3.44. The molecule has 0 radical (unpaired) electrons. The van der Waals surface area contributed by atoms with Gasteiger partial charge in [0.15, 0.2) is 6.61 Å². The van der Waals surface area contributed by atoms with Crippen LogP contribution < -0.4 is 15.4 Å². The number of anilines is 2. The van der Waals surface area contributed by atoms with Gasteiger partial charge in [0.05, 0.1) is 6.42 Å². The molecule has 0 saturated heterocycles. The number of carbonyl (C=O) groups is 3. The number of amides is 2. The smallest absolute Gasteiger partial charge is 0.306 e. The van der Waals surface area contributed by atoms with Crippen molar-refractivity contribution in [3.05, 3.63) is 83.9 Å². The van der Waals surface area contributed by atoms with Gasteiger partial charge in [-0.15, -0.1) is 0 Å². The van der Waals surface area contributed by atoms with Gasteiger partial charge in [-0.2, -0.15) is 0 Å². The molecule has 0 heterocycles. The Morgan fingerprint density at radius 1 is 0.703 bits per heavy atom. The predicted molar refractivity (Wildman–Crippen MR) is 145 cm³/mol. The molecule has 0 atom stereocenters. The first-order chi connectivity index (χ1) is 17.6. The van der Waals surface area contributed by atoms with Gasteiger partial charge in [0, 0.05) is 17.8 Å². The van der Waals surface area contributed by atoms with Crippen LogP contribution in [0.4, 0.5) is 11.4 Å². The van der Waals surface area contributed by atoms with Crippen LogP contribution in [0.25, 0.3) is 0 Å². The number of aryl methyl sites for hydroxylation is 1. The average Bonchev–Trinajstić information content (AvgIpc) is 2.87. The second-order valence-electron chi connectivity index (χ2n) is 9.71. The van der Waals surface area contributed by atoms with Gasteiger partial charge in [-0.05, 0) is 71.5 Å². The molecular weight excluding hydrogens is 468 g/mol. The predicted octanol–water partition coefficient (Wildman–Crippen LogP) is 6.24. The molecule has 7 nitrogen and oxygen atoms in total. The summed E-state index contributed by atoms with van der Waals surface area (Å²) in [5.74, 6) is -0.0118. The largest absolute Gasteiger partial charge is 0.457 e.